The average molecular weight is 324 g/mol. The Bertz CT molecular complexity index is 678. The Morgan fingerprint density at radius 1 is 1.17 bits per heavy atom. The number of anilines is 1. The lowest BCUT2D eigenvalue weighted by molar-refractivity contribution is -0.133. The molecule has 5 nitrogen and oxygen atoms in total. The molecule has 0 bridgehead atoms. The van der Waals surface area contributed by atoms with E-state index in [4.69, 9.17) is 0 Å². The summed E-state index contributed by atoms with van der Waals surface area (Å²) in [6.45, 7) is 5.78. The molecule has 2 heterocycles. The number of hydrogen-bond acceptors (Lipinski definition) is 4. The first-order valence-corrected chi connectivity index (χ1v) is 8.44. The molecular formula is C19H24N4O. The van der Waals surface area contributed by atoms with Gasteiger partial charge in [-0.3, -0.25) is 4.79 Å². The predicted octanol–water partition coefficient (Wildman–Crippen LogP) is 2.84. The summed E-state index contributed by atoms with van der Waals surface area (Å²) >= 11 is 0. The SMILES string of the molecule is CC(C)CC(=O)N(C)C1CN(c2ccc(-c3ccccc3)nn2)C1. The number of aromatic nitrogens is 2. The van der Waals surface area contributed by atoms with Gasteiger partial charge in [-0.05, 0) is 18.1 Å². The maximum atomic E-state index is 12.1. The van der Waals surface area contributed by atoms with E-state index >= 15 is 0 Å². The summed E-state index contributed by atoms with van der Waals surface area (Å²) < 4.78 is 0. The summed E-state index contributed by atoms with van der Waals surface area (Å²) in [7, 11) is 1.90. The van der Waals surface area contributed by atoms with Crippen molar-refractivity contribution in [3.05, 3.63) is 42.5 Å². The standard InChI is InChI=1S/C19H24N4O/c1-14(2)11-19(24)22(3)16-12-23(13-16)18-10-9-17(20-21-18)15-7-5-4-6-8-15/h4-10,14,16H,11-13H2,1-3H3. The van der Waals surface area contributed by atoms with Gasteiger partial charge in [-0.1, -0.05) is 44.2 Å². The molecule has 24 heavy (non-hydrogen) atoms. The Kier molecular flexibility index (Phi) is 4.79. The molecule has 1 fully saturated rings. The molecule has 126 valence electrons. The zero-order valence-corrected chi connectivity index (χ0v) is 14.5. The second kappa shape index (κ2) is 6.99. The van der Waals surface area contributed by atoms with Gasteiger partial charge in [0.05, 0.1) is 11.7 Å². The van der Waals surface area contributed by atoms with Crippen LogP contribution in [0.3, 0.4) is 0 Å². The first-order chi connectivity index (χ1) is 11.5. The van der Waals surface area contributed by atoms with E-state index in [9.17, 15) is 4.79 Å². The molecule has 0 spiro atoms. The van der Waals surface area contributed by atoms with Crippen LogP contribution in [0, 0.1) is 5.92 Å². The number of amides is 1. The largest absolute Gasteiger partial charge is 0.351 e. The number of benzene rings is 1. The van der Waals surface area contributed by atoms with Crippen molar-refractivity contribution in [3.8, 4) is 11.3 Å². The topological polar surface area (TPSA) is 49.3 Å². The minimum Gasteiger partial charge on any atom is -0.351 e. The van der Waals surface area contributed by atoms with E-state index in [1.165, 1.54) is 0 Å². The molecule has 1 aliphatic heterocycles. The van der Waals surface area contributed by atoms with E-state index in [0.29, 0.717) is 12.3 Å². The maximum Gasteiger partial charge on any atom is 0.222 e. The Morgan fingerprint density at radius 3 is 2.46 bits per heavy atom. The van der Waals surface area contributed by atoms with Crippen molar-refractivity contribution in [1.29, 1.82) is 0 Å². The van der Waals surface area contributed by atoms with Crippen LogP contribution in [0.1, 0.15) is 20.3 Å². The second-order valence-electron chi connectivity index (χ2n) is 6.80. The Hall–Kier alpha value is -2.43. The fraction of sp³-hybridized carbons (Fsp3) is 0.421. The molecule has 0 N–H and O–H groups in total. The van der Waals surface area contributed by atoms with Crippen molar-refractivity contribution < 1.29 is 4.79 Å². The third-order valence-electron chi connectivity index (χ3n) is 4.43. The van der Waals surface area contributed by atoms with Crippen LogP contribution >= 0.6 is 0 Å². The molecule has 1 aliphatic rings. The van der Waals surface area contributed by atoms with E-state index in [0.717, 1.165) is 30.2 Å². The molecule has 0 atom stereocenters. The lowest BCUT2D eigenvalue weighted by Crippen LogP contribution is -2.60. The first kappa shape index (κ1) is 16.4. The summed E-state index contributed by atoms with van der Waals surface area (Å²) in [5, 5.41) is 8.66. The van der Waals surface area contributed by atoms with Crippen LogP contribution in [0.5, 0.6) is 0 Å². The van der Waals surface area contributed by atoms with Gasteiger partial charge in [0, 0.05) is 32.1 Å². The Balaban J connectivity index is 1.57. The van der Waals surface area contributed by atoms with Gasteiger partial charge in [0.2, 0.25) is 5.91 Å². The third kappa shape index (κ3) is 3.55. The van der Waals surface area contributed by atoms with Crippen molar-refractivity contribution >= 4 is 11.7 Å². The van der Waals surface area contributed by atoms with E-state index < -0.39 is 0 Å². The van der Waals surface area contributed by atoms with Gasteiger partial charge in [0.15, 0.2) is 5.82 Å². The van der Waals surface area contributed by atoms with E-state index in [2.05, 4.69) is 28.9 Å². The van der Waals surface area contributed by atoms with Crippen molar-refractivity contribution in [3.63, 3.8) is 0 Å². The molecule has 3 rings (SSSR count). The summed E-state index contributed by atoms with van der Waals surface area (Å²) in [5.74, 6) is 1.49. The average Bonchev–Trinajstić information content (AvgIpc) is 2.54. The number of carbonyl (C=O) groups is 1. The van der Waals surface area contributed by atoms with Crippen LogP contribution in [0.25, 0.3) is 11.3 Å². The van der Waals surface area contributed by atoms with Crippen LogP contribution in [0.4, 0.5) is 5.82 Å². The van der Waals surface area contributed by atoms with Gasteiger partial charge in [-0.15, -0.1) is 10.2 Å². The predicted molar refractivity (Wildman–Crippen MR) is 95.7 cm³/mol. The van der Waals surface area contributed by atoms with Gasteiger partial charge in [-0.2, -0.15) is 0 Å². The molecule has 0 saturated carbocycles. The summed E-state index contributed by atoms with van der Waals surface area (Å²) in [4.78, 5) is 16.1. The number of hydrogen-bond donors (Lipinski definition) is 0. The molecule has 1 aromatic carbocycles. The monoisotopic (exact) mass is 324 g/mol. The van der Waals surface area contributed by atoms with Crippen LogP contribution in [0.2, 0.25) is 0 Å². The molecule has 0 radical (unpaired) electrons. The summed E-state index contributed by atoms with van der Waals surface area (Å²) in [6, 6.07) is 14.3. The number of rotatable bonds is 5. The highest BCUT2D eigenvalue weighted by atomic mass is 16.2. The van der Waals surface area contributed by atoms with Crippen LogP contribution in [-0.4, -0.2) is 47.2 Å². The minimum absolute atomic E-state index is 0.222. The number of likely N-dealkylation sites (N-methyl/N-ethyl adjacent to an activating group) is 1. The lowest BCUT2D eigenvalue weighted by atomic mass is 10.0. The molecule has 0 unspecified atom stereocenters. The first-order valence-electron chi connectivity index (χ1n) is 8.44. The highest BCUT2D eigenvalue weighted by molar-refractivity contribution is 5.77. The van der Waals surface area contributed by atoms with Crippen molar-refractivity contribution in [2.45, 2.75) is 26.3 Å². The minimum atomic E-state index is 0.222. The van der Waals surface area contributed by atoms with Crippen molar-refractivity contribution in [2.75, 3.05) is 25.0 Å². The molecule has 2 aromatic rings. The van der Waals surface area contributed by atoms with E-state index in [-0.39, 0.29) is 11.9 Å². The van der Waals surface area contributed by atoms with Gasteiger partial charge in [0.1, 0.15) is 0 Å². The maximum absolute atomic E-state index is 12.1. The lowest BCUT2D eigenvalue weighted by Gasteiger charge is -2.44. The van der Waals surface area contributed by atoms with E-state index in [1.54, 1.807) is 0 Å². The van der Waals surface area contributed by atoms with Gasteiger partial charge in [-0.25, -0.2) is 0 Å². The van der Waals surface area contributed by atoms with E-state index in [1.807, 2.05) is 54.4 Å². The normalized spacial score (nSPS) is 14.6. The molecule has 1 amide bonds. The molecule has 1 aromatic heterocycles. The molecule has 1 saturated heterocycles. The zero-order valence-electron chi connectivity index (χ0n) is 14.5. The molecule has 0 aliphatic carbocycles. The number of carbonyl (C=O) groups excluding carboxylic acids is 1. The number of nitrogens with zero attached hydrogens (tertiary/aromatic N) is 4. The van der Waals surface area contributed by atoms with Crippen molar-refractivity contribution in [1.82, 2.24) is 15.1 Å². The van der Waals surface area contributed by atoms with Crippen molar-refractivity contribution in [2.24, 2.45) is 5.92 Å². The van der Waals surface area contributed by atoms with Gasteiger partial charge in [0.25, 0.3) is 0 Å². The highest BCUT2D eigenvalue weighted by Gasteiger charge is 2.33. The van der Waals surface area contributed by atoms with Crippen LogP contribution in [0.15, 0.2) is 42.5 Å². The smallest absolute Gasteiger partial charge is 0.222 e. The summed E-state index contributed by atoms with van der Waals surface area (Å²) in [5.41, 5.74) is 1.94. The summed E-state index contributed by atoms with van der Waals surface area (Å²) in [6.07, 6.45) is 0.610. The van der Waals surface area contributed by atoms with Gasteiger partial charge < -0.3 is 9.80 Å². The molecular weight excluding hydrogens is 300 g/mol. The van der Waals surface area contributed by atoms with Gasteiger partial charge >= 0.3 is 0 Å². The fourth-order valence-corrected chi connectivity index (χ4v) is 2.84. The zero-order chi connectivity index (χ0) is 17.1. The Labute approximate surface area is 143 Å². The van der Waals surface area contributed by atoms with Crippen LogP contribution < -0.4 is 4.90 Å². The third-order valence-corrected chi connectivity index (χ3v) is 4.43. The molecule has 5 heteroatoms. The fourth-order valence-electron chi connectivity index (χ4n) is 2.84. The van der Waals surface area contributed by atoms with Crippen LogP contribution in [-0.2, 0) is 4.79 Å². The second-order valence-corrected chi connectivity index (χ2v) is 6.80. The Morgan fingerprint density at radius 2 is 1.88 bits per heavy atom. The highest BCUT2D eigenvalue weighted by Crippen LogP contribution is 2.23. The quantitative estimate of drug-likeness (QED) is 0.848.